The van der Waals surface area contributed by atoms with Crippen LogP contribution >= 0.6 is 11.3 Å². The molecule has 0 atom stereocenters. The summed E-state index contributed by atoms with van der Waals surface area (Å²) in [6, 6.07) is 43.4. The van der Waals surface area contributed by atoms with Crippen molar-refractivity contribution in [1.82, 2.24) is 4.98 Å². The van der Waals surface area contributed by atoms with Gasteiger partial charge in [-0.2, -0.15) is 0 Å². The van der Waals surface area contributed by atoms with Crippen molar-refractivity contribution in [1.29, 1.82) is 0 Å². The number of hydrogen-bond donors (Lipinski definition) is 0. The molecule has 0 aliphatic rings. The number of nitrogens with zero attached hydrogens (tertiary/aromatic N) is 2. The van der Waals surface area contributed by atoms with Crippen molar-refractivity contribution in [2.75, 3.05) is 4.57 Å². The van der Waals surface area contributed by atoms with Gasteiger partial charge >= 0.3 is 0 Å². The topological polar surface area (TPSA) is 16.1 Å². The third-order valence-electron chi connectivity index (χ3n) is 5.57. The van der Waals surface area contributed by atoms with Gasteiger partial charge in [-0.15, -0.1) is 11.3 Å². The monoisotopic (exact) mass is 434 g/mol. The van der Waals surface area contributed by atoms with Gasteiger partial charge in [0.1, 0.15) is 5.82 Å². The summed E-state index contributed by atoms with van der Waals surface area (Å²) in [4.78, 5) is 4.81. The summed E-state index contributed by atoms with van der Waals surface area (Å²) in [6.07, 6.45) is 0. The Balaban J connectivity index is 1.93. The minimum Gasteiger partial charge on any atom is -0.340 e. The van der Waals surface area contributed by atoms with Gasteiger partial charge in [-0.1, -0.05) is 109 Å². The van der Waals surface area contributed by atoms with E-state index in [4.69, 9.17) is 4.98 Å². The molecule has 0 bridgehead atoms. The Bertz CT molecular complexity index is 1120. The van der Waals surface area contributed by atoms with Gasteiger partial charge in [-0.3, -0.25) is 0 Å². The van der Waals surface area contributed by atoms with E-state index in [0.717, 1.165) is 11.5 Å². The van der Waals surface area contributed by atoms with Gasteiger partial charge < -0.3 is 4.57 Å². The Labute approximate surface area is 188 Å². The lowest BCUT2D eigenvalue weighted by molar-refractivity contribution is 1.27. The molecule has 0 N–H and O–H groups in total. The van der Waals surface area contributed by atoms with E-state index in [2.05, 4.69) is 131 Å². The fraction of sp³-hybridized carbons (Fsp3) is 0. The van der Waals surface area contributed by atoms with Crippen LogP contribution in [0.3, 0.4) is 0 Å². The smallest absolute Gasteiger partial charge is 0.258 e. The fourth-order valence-corrected chi connectivity index (χ4v) is 9.73. The summed E-state index contributed by atoms with van der Waals surface area (Å²) in [7, 11) is -2.72. The van der Waals surface area contributed by atoms with E-state index in [-0.39, 0.29) is 0 Å². The third-order valence-corrected chi connectivity index (χ3v) is 10.8. The highest BCUT2D eigenvalue weighted by molar-refractivity contribution is 7.14. The quantitative estimate of drug-likeness (QED) is 0.278. The summed E-state index contributed by atoms with van der Waals surface area (Å²) in [5.41, 5.74) is 3.07. The predicted molar refractivity (Wildman–Crippen MR) is 135 cm³/mol. The van der Waals surface area contributed by atoms with Crippen LogP contribution in [-0.4, -0.2) is 13.2 Å². The molecule has 4 heteroatoms. The predicted octanol–water partition coefficient (Wildman–Crippen LogP) is 4.95. The number of thiazole rings is 1. The summed E-state index contributed by atoms with van der Waals surface area (Å²) >= 11 is 1.63. The summed E-state index contributed by atoms with van der Waals surface area (Å²) < 4.78 is 2.50. The number of para-hydroxylation sites is 1. The van der Waals surface area contributed by atoms with Gasteiger partial charge in [0.05, 0.1) is 5.51 Å². The minimum atomic E-state index is -2.72. The van der Waals surface area contributed by atoms with Gasteiger partial charge in [-0.25, -0.2) is 4.98 Å². The van der Waals surface area contributed by atoms with Crippen molar-refractivity contribution in [2.45, 2.75) is 0 Å². The number of hydrogen-bond acceptors (Lipinski definition) is 3. The summed E-state index contributed by atoms with van der Waals surface area (Å²) in [5.74, 6) is 0.986. The average Bonchev–Trinajstić information content (AvgIpc) is 3.39. The van der Waals surface area contributed by atoms with Crippen LogP contribution < -0.4 is 20.1 Å². The van der Waals surface area contributed by atoms with Crippen LogP contribution in [0.4, 0.5) is 11.5 Å². The average molecular weight is 435 g/mol. The maximum atomic E-state index is 4.81. The molecule has 0 fully saturated rings. The Hall–Kier alpha value is -3.47. The van der Waals surface area contributed by atoms with Crippen LogP contribution in [0.25, 0.3) is 0 Å². The largest absolute Gasteiger partial charge is 0.340 e. The molecule has 0 spiro atoms. The molecule has 4 aromatic carbocycles. The Morgan fingerprint density at radius 3 is 1.35 bits per heavy atom. The van der Waals surface area contributed by atoms with E-state index in [9.17, 15) is 0 Å². The number of anilines is 2. The van der Waals surface area contributed by atoms with Crippen molar-refractivity contribution >= 4 is 46.6 Å². The zero-order valence-corrected chi connectivity index (χ0v) is 18.8. The van der Waals surface area contributed by atoms with E-state index in [1.807, 2.05) is 5.51 Å². The Kier molecular flexibility index (Phi) is 5.48. The Morgan fingerprint density at radius 2 is 0.968 bits per heavy atom. The standard InChI is InChI=1S/C27H22N2SSi/c1-5-13-23(14-6-1)29(27-21-30-22-28-27)31(24-15-7-2-8-16-24,25-17-9-3-10-18-25)26-19-11-4-12-20-26/h1-22H. The van der Waals surface area contributed by atoms with Gasteiger partial charge in [0.15, 0.2) is 0 Å². The molecule has 0 aliphatic carbocycles. The lowest BCUT2D eigenvalue weighted by Crippen LogP contribution is -2.76. The third kappa shape index (κ3) is 3.50. The van der Waals surface area contributed by atoms with Crippen molar-refractivity contribution in [3.8, 4) is 0 Å². The van der Waals surface area contributed by atoms with Gasteiger partial charge in [-0.05, 0) is 27.7 Å². The van der Waals surface area contributed by atoms with E-state index < -0.39 is 8.24 Å². The molecule has 1 aromatic heterocycles. The fourth-order valence-electron chi connectivity index (χ4n) is 4.32. The number of rotatable bonds is 6. The molecule has 0 amide bonds. The van der Waals surface area contributed by atoms with Crippen LogP contribution in [0.15, 0.2) is 132 Å². The van der Waals surface area contributed by atoms with E-state index in [0.29, 0.717) is 0 Å². The Morgan fingerprint density at radius 1 is 0.548 bits per heavy atom. The highest BCUT2D eigenvalue weighted by Gasteiger charge is 2.47. The highest BCUT2D eigenvalue weighted by Crippen LogP contribution is 2.31. The van der Waals surface area contributed by atoms with Crippen LogP contribution in [-0.2, 0) is 0 Å². The zero-order chi connectivity index (χ0) is 20.9. The molecule has 5 aromatic rings. The molecule has 2 nitrogen and oxygen atoms in total. The van der Waals surface area contributed by atoms with E-state index >= 15 is 0 Å². The van der Waals surface area contributed by atoms with Crippen molar-refractivity contribution in [2.24, 2.45) is 0 Å². The first-order chi connectivity index (χ1) is 15.4. The molecule has 1 heterocycles. The molecule has 0 saturated carbocycles. The summed E-state index contributed by atoms with van der Waals surface area (Å²) in [6.45, 7) is 0. The lowest BCUT2D eigenvalue weighted by atomic mass is 10.3. The SMILES string of the molecule is c1ccc(N(c2cscn2)[Si](c2ccccc2)(c2ccccc2)c2ccccc2)cc1. The van der Waals surface area contributed by atoms with Crippen molar-refractivity contribution in [3.63, 3.8) is 0 Å². The number of aromatic nitrogens is 1. The maximum Gasteiger partial charge on any atom is 0.258 e. The second-order valence-corrected chi connectivity index (χ2v) is 11.6. The molecule has 0 unspecified atom stereocenters. The van der Waals surface area contributed by atoms with E-state index in [1.54, 1.807) is 11.3 Å². The van der Waals surface area contributed by atoms with Gasteiger partial charge in [0.2, 0.25) is 0 Å². The van der Waals surface area contributed by atoms with Crippen LogP contribution in [0.1, 0.15) is 0 Å². The highest BCUT2D eigenvalue weighted by atomic mass is 32.1. The van der Waals surface area contributed by atoms with Crippen LogP contribution in [0, 0.1) is 0 Å². The zero-order valence-electron chi connectivity index (χ0n) is 17.0. The molecule has 31 heavy (non-hydrogen) atoms. The van der Waals surface area contributed by atoms with Crippen LogP contribution in [0.2, 0.25) is 0 Å². The summed E-state index contributed by atoms with van der Waals surface area (Å²) in [5, 5.41) is 6.13. The second kappa shape index (κ2) is 8.72. The molecule has 5 rings (SSSR count). The van der Waals surface area contributed by atoms with Crippen molar-refractivity contribution in [3.05, 3.63) is 132 Å². The van der Waals surface area contributed by atoms with Gasteiger partial charge in [0, 0.05) is 11.1 Å². The second-order valence-electron chi connectivity index (χ2n) is 7.33. The molecule has 0 saturated heterocycles. The molecular formula is C27H22N2SSi. The maximum absolute atomic E-state index is 4.81. The molecule has 150 valence electrons. The molecule has 0 aliphatic heterocycles. The molecule has 0 radical (unpaired) electrons. The van der Waals surface area contributed by atoms with Crippen molar-refractivity contribution < 1.29 is 0 Å². The van der Waals surface area contributed by atoms with Gasteiger partial charge in [0.25, 0.3) is 8.24 Å². The normalized spacial score (nSPS) is 11.2. The first kappa shape index (κ1) is 19.5. The van der Waals surface area contributed by atoms with E-state index in [1.165, 1.54) is 15.6 Å². The first-order valence-electron chi connectivity index (χ1n) is 10.3. The first-order valence-corrected chi connectivity index (χ1v) is 13.2. The molecular weight excluding hydrogens is 412 g/mol. The van der Waals surface area contributed by atoms with Crippen LogP contribution in [0.5, 0.6) is 0 Å². The number of benzene rings is 4. The lowest BCUT2D eigenvalue weighted by Gasteiger charge is -2.43. The minimum absolute atomic E-state index is 0.986.